The maximum atomic E-state index is 13.3. The molecule has 0 unspecified atom stereocenters. The molecule has 0 fully saturated rings. The lowest BCUT2D eigenvalue weighted by molar-refractivity contribution is 0.631. The van der Waals surface area contributed by atoms with Crippen molar-refractivity contribution in [3.05, 3.63) is 46.4 Å². The highest BCUT2D eigenvalue weighted by Gasteiger charge is 2.04. The van der Waals surface area contributed by atoms with Crippen molar-refractivity contribution in [2.75, 3.05) is 5.32 Å². The van der Waals surface area contributed by atoms with Crippen LogP contribution >= 0.6 is 15.9 Å². The Kier molecular flexibility index (Phi) is 3.14. The molecular weight excluding hydrogens is 273 g/mol. The van der Waals surface area contributed by atoms with E-state index in [1.807, 2.05) is 6.92 Å². The Hall–Kier alpha value is -1.49. The number of hydrogen-bond donors (Lipinski definition) is 1. The van der Waals surface area contributed by atoms with Gasteiger partial charge in [0, 0.05) is 6.20 Å². The van der Waals surface area contributed by atoms with Gasteiger partial charge in [-0.2, -0.15) is 0 Å². The van der Waals surface area contributed by atoms with Crippen LogP contribution in [0.2, 0.25) is 0 Å². The smallest absolute Gasteiger partial charge is 0.227 e. The highest BCUT2D eigenvalue weighted by Crippen LogP contribution is 2.19. The third-order valence-corrected chi connectivity index (χ3v) is 2.82. The number of hydrogen-bond acceptors (Lipinski definition) is 3. The zero-order chi connectivity index (χ0) is 11.5. The van der Waals surface area contributed by atoms with Crippen LogP contribution in [-0.2, 0) is 0 Å². The van der Waals surface area contributed by atoms with Crippen LogP contribution in [0.1, 0.15) is 5.69 Å². The zero-order valence-corrected chi connectivity index (χ0v) is 10.1. The number of nitrogens with zero attached hydrogens (tertiary/aromatic N) is 2. The molecule has 0 spiro atoms. The molecule has 1 heterocycles. The van der Waals surface area contributed by atoms with Gasteiger partial charge in [-0.15, -0.1) is 0 Å². The maximum absolute atomic E-state index is 13.3. The average molecular weight is 282 g/mol. The highest BCUT2D eigenvalue weighted by atomic mass is 79.9. The molecule has 2 rings (SSSR count). The van der Waals surface area contributed by atoms with Gasteiger partial charge in [-0.3, -0.25) is 0 Å². The topological polar surface area (TPSA) is 37.8 Å². The van der Waals surface area contributed by atoms with Crippen molar-refractivity contribution in [2.24, 2.45) is 0 Å². The van der Waals surface area contributed by atoms with Gasteiger partial charge in [0.05, 0.1) is 15.9 Å². The van der Waals surface area contributed by atoms with E-state index in [1.165, 1.54) is 6.07 Å². The molecule has 0 saturated heterocycles. The van der Waals surface area contributed by atoms with Gasteiger partial charge in [-0.25, -0.2) is 14.4 Å². The first-order valence-corrected chi connectivity index (χ1v) is 5.47. The van der Waals surface area contributed by atoms with Gasteiger partial charge in [0.2, 0.25) is 5.95 Å². The summed E-state index contributed by atoms with van der Waals surface area (Å²) in [6.45, 7) is 1.85. The maximum Gasteiger partial charge on any atom is 0.227 e. The van der Waals surface area contributed by atoms with Crippen LogP contribution in [0.25, 0.3) is 0 Å². The van der Waals surface area contributed by atoms with E-state index in [4.69, 9.17) is 0 Å². The Labute approximate surface area is 101 Å². The van der Waals surface area contributed by atoms with Crippen molar-refractivity contribution >= 4 is 27.6 Å². The van der Waals surface area contributed by atoms with E-state index in [9.17, 15) is 4.39 Å². The molecule has 16 heavy (non-hydrogen) atoms. The fourth-order valence-electron chi connectivity index (χ4n) is 1.20. The largest absolute Gasteiger partial charge is 0.322 e. The van der Waals surface area contributed by atoms with Crippen LogP contribution in [-0.4, -0.2) is 9.97 Å². The first-order valence-electron chi connectivity index (χ1n) is 4.67. The van der Waals surface area contributed by atoms with E-state index in [-0.39, 0.29) is 5.82 Å². The highest BCUT2D eigenvalue weighted by molar-refractivity contribution is 9.10. The number of aryl methyl sites for hydroxylation is 1. The van der Waals surface area contributed by atoms with Crippen LogP contribution in [0.3, 0.4) is 0 Å². The molecule has 1 aromatic heterocycles. The van der Waals surface area contributed by atoms with E-state index in [0.29, 0.717) is 11.6 Å². The molecule has 0 aliphatic carbocycles. The Morgan fingerprint density at radius 2 is 2.06 bits per heavy atom. The summed E-state index contributed by atoms with van der Waals surface area (Å²) in [6.07, 6.45) is 1.63. The summed E-state index contributed by atoms with van der Waals surface area (Å²) in [7, 11) is 0. The van der Waals surface area contributed by atoms with Gasteiger partial charge in [-0.05, 0) is 35.0 Å². The predicted molar refractivity (Wildman–Crippen MR) is 64.2 cm³/mol. The minimum absolute atomic E-state index is 0.327. The van der Waals surface area contributed by atoms with Crippen LogP contribution in [0.4, 0.5) is 16.0 Å². The summed E-state index contributed by atoms with van der Waals surface area (Å²) in [5, 5.41) is 2.82. The Morgan fingerprint density at radius 3 is 2.75 bits per heavy atom. The molecule has 0 amide bonds. The lowest BCUT2D eigenvalue weighted by Crippen LogP contribution is -2.00. The fraction of sp³-hybridized carbons (Fsp3) is 0.0909. The van der Waals surface area contributed by atoms with Crippen LogP contribution < -0.4 is 5.32 Å². The van der Waals surface area contributed by atoms with Gasteiger partial charge in [0.25, 0.3) is 0 Å². The second kappa shape index (κ2) is 4.57. The number of nitrogens with one attached hydrogen (secondary N) is 1. The number of halogens is 2. The molecule has 1 N–H and O–H groups in total. The summed E-state index contributed by atoms with van der Waals surface area (Å²) in [4.78, 5) is 8.21. The molecule has 0 saturated carbocycles. The molecule has 0 radical (unpaired) electrons. The van der Waals surface area contributed by atoms with Crippen LogP contribution in [0.5, 0.6) is 0 Å². The Morgan fingerprint density at radius 1 is 1.31 bits per heavy atom. The molecular formula is C11H9BrFN3. The molecule has 3 nitrogen and oxygen atoms in total. The third-order valence-electron chi connectivity index (χ3n) is 2.04. The third kappa shape index (κ3) is 2.36. The number of aromatic nitrogens is 2. The van der Waals surface area contributed by atoms with E-state index in [1.54, 1.807) is 24.4 Å². The van der Waals surface area contributed by atoms with Crippen molar-refractivity contribution in [1.29, 1.82) is 0 Å². The average Bonchev–Trinajstić information content (AvgIpc) is 2.27. The monoisotopic (exact) mass is 281 g/mol. The number of anilines is 2. The van der Waals surface area contributed by atoms with Crippen LogP contribution in [0.15, 0.2) is 34.9 Å². The van der Waals surface area contributed by atoms with Crippen molar-refractivity contribution in [3.63, 3.8) is 0 Å². The minimum atomic E-state index is -0.327. The first kappa shape index (κ1) is 11.0. The Balaban J connectivity index is 2.28. The normalized spacial score (nSPS) is 10.2. The molecule has 5 heteroatoms. The van der Waals surface area contributed by atoms with E-state index >= 15 is 0 Å². The summed E-state index contributed by atoms with van der Waals surface area (Å²) < 4.78 is 14.2. The van der Waals surface area contributed by atoms with Crippen molar-refractivity contribution in [3.8, 4) is 0 Å². The SMILES string of the molecule is Cc1nc(Nc2ccccc2F)ncc1Br. The van der Waals surface area contributed by atoms with Crippen molar-refractivity contribution in [1.82, 2.24) is 9.97 Å². The minimum Gasteiger partial charge on any atom is -0.322 e. The van der Waals surface area contributed by atoms with E-state index in [2.05, 4.69) is 31.2 Å². The van der Waals surface area contributed by atoms with Crippen LogP contribution in [0, 0.1) is 12.7 Å². The number of rotatable bonds is 2. The van der Waals surface area contributed by atoms with Crippen molar-refractivity contribution in [2.45, 2.75) is 6.92 Å². The van der Waals surface area contributed by atoms with Crippen molar-refractivity contribution < 1.29 is 4.39 Å². The van der Waals surface area contributed by atoms with Gasteiger partial charge >= 0.3 is 0 Å². The molecule has 82 valence electrons. The molecule has 0 atom stereocenters. The number of para-hydroxylation sites is 1. The summed E-state index contributed by atoms with van der Waals surface area (Å²) in [6, 6.07) is 6.40. The van der Waals surface area contributed by atoms with Gasteiger partial charge in [0.15, 0.2) is 0 Å². The number of benzene rings is 1. The van der Waals surface area contributed by atoms with Gasteiger partial charge < -0.3 is 5.32 Å². The summed E-state index contributed by atoms with van der Waals surface area (Å²) in [5.41, 5.74) is 1.16. The lowest BCUT2D eigenvalue weighted by Gasteiger charge is -2.06. The lowest BCUT2D eigenvalue weighted by atomic mass is 10.3. The zero-order valence-electron chi connectivity index (χ0n) is 8.54. The van der Waals surface area contributed by atoms with Gasteiger partial charge in [0.1, 0.15) is 5.82 Å². The second-order valence-electron chi connectivity index (χ2n) is 3.23. The summed E-state index contributed by atoms with van der Waals surface area (Å²) in [5.74, 6) is 0.0532. The fourth-order valence-corrected chi connectivity index (χ4v) is 1.39. The standard InChI is InChI=1S/C11H9BrFN3/c1-7-8(12)6-14-11(15-7)16-10-5-3-2-4-9(10)13/h2-6H,1H3,(H,14,15,16). The van der Waals surface area contributed by atoms with Gasteiger partial charge in [-0.1, -0.05) is 12.1 Å². The van der Waals surface area contributed by atoms with E-state index in [0.717, 1.165) is 10.2 Å². The molecule has 0 aliphatic rings. The predicted octanol–water partition coefficient (Wildman–Crippen LogP) is 3.43. The molecule has 0 aliphatic heterocycles. The molecule has 2 aromatic rings. The quantitative estimate of drug-likeness (QED) is 0.917. The van der Waals surface area contributed by atoms with E-state index < -0.39 is 0 Å². The Bertz CT molecular complexity index is 516. The summed E-state index contributed by atoms with van der Waals surface area (Å²) >= 11 is 3.30. The molecule has 1 aromatic carbocycles. The second-order valence-corrected chi connectivity index (χ2v) is 4.09. The molecule has 0 bridgehead atoms. The first-order chi connectivity index (χ1) is 7.66.